The molecule has 0 saturated carbocycles. The Labute approximate surface area is 106 Å². The molecule has 1 aromatic carbocycles. The molecule has 0 aliphatic heterocycles. The number of benzene rings is 1. The zero-order chi connectivity index (χ0) is 13.7. The summed E-state index contributed by atoms with van der Waals surface area (Å²) in [5, 5.41) is 0.321. The number of ether oxygens (including phenoxy) is 1. The third-order valence-corrected chi connectivity index (χ3v) is 2.05. The molecule has 1 aromatic heterocycles. The maximum atomic E-state index is 10.7. The maximum absolute atomic E-state index is 10.7. The van der Waals surface area contributed by atoms with Gasteiger partial charge in [0.1, 0.15) is 10.8 Å². The molecule has 19 heavy (non-hydrogen) atoms. The van der Waals surface area contributed by atoms with Crippen molar-refractivity contribution in [1.82, 2.24) is 5.08 Å². The molecule has 0 aliphatic rings. The van der Waals surface area contributed by atoms with Crippen LogP contribution in [0.1, 0.15) is 5.56 Å². The molecule has 0 atom stereocenters. The Morgan fingerprint density at radius 2 is 1.89 bits per heavy atom. The molecule has 7 heteroatoms. The third kappa shape index (κ3) is 3.07. The number of nitrogens with zero attached hydrogens (tertiary/aromatic N) is 1. The molecule has 0 amide bonds. The Morgan fingerprint density at radius 1 is 1.21 bits per heavy atom. The zero-order valence-electron chi connectivity index (χ0n) is 9.91. The molecule has 2 aromatic rings. The first-order chi connectivity index (χ1) is 9.20. The molecular formula is C12H9NO6. The van der Waals surface area contributed by atoms with E-state index in [1.807, 2.05) is 12.1 Å². The van der Waals surface area contributed by atoms with E-state index < -0.39 is 11.3 Å². The van der Waals surface area contributed by atoms with Crippen LogP contribution in [-0.4, -0.2) is 18.8 Å². The molecule has 2 rings (SSSR count). The van der Waals surface area contributed by atoms with Gasteiger partial charge in [0.15, 0.2) is 6.61 Å². The van der Waals surface area contributed by atoms with Crippen molar-refractivity contribution in [3.8, 4) is 17.6 Å². The molecule has 0 saturated heterocycles. The molecule has 0 fully saturated rings. The third-order valence-electron chi connectivity index (χ3n) is 2.05. The largest absolute Gasteiger partial charge is 0.495 e. The van der Waals surface area contributed by atoms with Gasteiger partial charge in [-0.25, -0.2) is 9.59 Å². The lowest BCUT2D eigenvalue weighted by molar-refractivity contribution is -0.135. The van der Waals surface area contributed by atoms with Crippen LogP contribution in [0.25, 0.3) is 0 Å². The summed E-state index contributed by atoms with van der Waals surface area (Å²) in [6.07, 6.45) is 0. The molecule has 0 unspecified atom stereocenters. The van der Waals surface area contributed by atoms with E-state index in [-0.39, 0.29) is 6.61 Å². The van der Waals surface area contributed by atoms with Crippen molar-refractivity contribution in [2.75, 3.05) is 13.7 Å². The van der Waals surface area contributed by atoms with Gasteiger partial charge in [0.05, 0.1) is 12.7 Å². The number of hydrogen-bond acceptors (Lipinski definition) is 6. The Kier molecular flexibility index (Phi) is 3.73. The molecule has 1 heterocycles. The monoisotopic (exact) mass is 263 g/mol. The van der Waals surface area contributed by atoms with Crippen molar-refractivity contribution in [3.05, 3.63) is 50.7 Å². The average molecular weight is 263 g/mol. The lowest BCUT2D eigenvalue weighted by atomic mass is 10.2. The fourth-order valence-electron chi connectivity index (χ4n) is 1.25. The summed E-state index contributed by atoms with van der Waals surface area (Å²) in [6, 6.07) is 7.19. The highest BCUT2D eigenvalue weighted by Crippen LogP contribution is 2.15. The molecule has 0 spiro atoms. The Balaban J connectivity index is 2.01. The van der Waals surface area contributed by atoms with Gasteiger partial charge in [0, 0.05) is 0 Å². The van der Waals surface area contributed by atoms with Crippen molar-refractivity contribution in [3.63, 3.8) is 0 Å². The van der Waals surface area contributed by atoms with Crippen molar-refractivity contribution in [2.45, 2.75) is 0 Å². The van der Waals surface area contributed by atoms with E-state index in [2.05, 4.69) is 20.9 Å². The standard InChI is InChI=1S/C12H9NO6/c1-16-10-7-3-2-5-9(10)6-4-8-17-13-18-11(14)12(15)19-13/h2-3,5,7H,8H2,1H3. The number of para-hydroxylation sites is 1. The highest BCUT2D eigenvalue weighted by atomic mass is 17.0. The summed E-state index contributed by atoms with van der Waals surface area (Å²) < 4.78 is 13.7. The predicted molar refractivity (Wildman–Crippen MR) is 62.8 cm³/mol. The second kappa shape index (κ2) is 5.64. The highest BCUT2D eigenvalue weighted by molar-refractivity contribution is 5.45. The SMILES string of the molecule is COc1ccccc1C#CCOn1oc(=O)c(=O)o1. The van der Waals surface area contributed by atoms with Gasteiger partial charge >= 0.3 is 11.3 Å². The first-order valence-corrected chi connectivity index (χ1v) is 5.20. The van der Waals surface area contributed by atoms with Crippen molar-refractivity contribution in [2.24, 2.45) is 0 Å². The summed E-state index contributed by atoms with van der Waals surface area (Å²) in [6.45, 7) is -0.126. The van der Waals surface area contributed by atoms with Gasteiger partial charge in [-0.1, -0.05) is 24.0 Å². The smallest absolute Gasteiger partial charge is 0.449 e. The van der Waals surface area contributed by atoms with Crippen LogP contribution in [0.4, 0.5) is 0 Å². The van der Waals surface area contributed by atoms with Crippen LogP contribution in [0, 0.1) is 11.8 Å². The maximum Gasteiger partial charge on any atom is 0.449 e. The summed E-state index contributed by atoms with van der Waals surface area (Å²) in [5.41, 5.74) is -1.60. The number of methoxy groups -OCH3 is 1. The van der Waals surface area contributed by atoms with E-state index >= 15 is 0 Å². The second-order valence-electron chi connectivity index (χ2n) is 3.26. The minimum Gasteiger partial charge on any atom is -0.495 e. The number of hydrogen-bond donors (Lipinski definition) is 0. The van der Waals surface area contributed by atoms with Crippen LogP contribution in [0.2, 0.25) is 0 Å². The normalized spacial score (nSPS) is 9.53. The molecule has 0 N–H and O–H groups in total. The van der Waals surface area contributed by atoms with E-state index in [9.17, 15) is 9.59 Å². The van der Waals surface area contributed by atoms with Crippen LogP contribution in [-0.2, 0) is 0 Å². The predicted octanol–water partition coefficient (Wildman–Crippen LogP) is -0.117. The molecular weight excluding hydrogens is 254 g/mol. The van der Waals surface area contributed by atoms with Gasteiger partial charge in [-0.15, -0.1) is 0 Å². The van der Waals surface area contributed by atoms with Gasteiger partial charge in [-0.2, -0.15) is 0 Å². The molecule has 0 bridgehead atoms. The van der Waals surface area contributed by atoms with Gasteiger partial charge in [0.2, 0.25) is 0 Å². The molecule has 0 aliphatic carbocycles. The first-order valence-electron chi connectivity index (χ1n) is 5.20. The first kappa shape index (κ1) is 12.6. The Hall–Kier alpha value is -2.88. The van der Waals surface area contributed by atoms with Crippen LogP contribution >= 0.6 is 0 Å². The van der Waals surface area contributed by atoms with E-state index in [0.29, 0.717) is 16.4 Å². The summed E-state index contributed by atoms with van der Waals surface area (Å²) in [5.74, 6) is 6.09. The lowest BCUT2D eigenvalue weighted by Crippen LogP contribution is -2.14. The van der Waals surface area contributed by atoms with Gasteiger partial charge in [0.25, 0.3) is 0 Å². The lowest BCUT2D eigenvalue weighted by Gasteiger charge is -2.00. The zero-order valence-corrected chi connectivity index (χ0v) is 9.91. The summed E-state index contributed by atoms with van der Waals surface area (Å²) >= 11 is 0. The van der Waals surface area contributed by atoms with Crippen LogP contribution in [0.3, 0.4) is 0 Å². The molecule has 0 radical (unpaired) electrons. The molecule has 7 nitrogen and oxygen atoms in total. The van der Waals surface area contributed by atoms with E-state index in [1.54, 1.807) is 19.2 Å². The average Bonchev–Trinajstić information content (AvgIpc) is 2.74. The minimum atomic E-state index is -1.14. The van der Waals surface area contributed by atoms with Gasteiger partial charge < -0.3 is 9.57 Å². The van der Waals surface area contributed by atoms with Crippen LogP contribution in [0.5, 0.6) is 5.75 Å². The minimum absolute atomic E-state index is 0.126. The number of rotatable bonds is 3. The fraction of sp³-hybridized carbons (Fsp3) is 0.167. The summed E-state index contributed by atoms with van der Waals surface area (Å²) in [4.78, 5) is 26.1. The topological polar surface area (TPSA) is 83.8 Å². The van der Waals surface area contributed by atoms with Crippen LogP contribution < -0.4 is 20.8 Å². The van der Waals surface area contributed by atoms with E-state index in [1.165, 1.54) is 0 Å². The quantitative estimate of drug-likeness (QED) is 0.567. The number of aromatic nitrogens is 1. The van der Waals surface area contributed by atoms with Gasteiger partial charge in [-0.3, -0.25) is 9.05 Å². The van der Waals surface area contributed by atoms with E-state index in [4.69, 9.17) is 9.57 Å². The van der Waals surface area contributed by atoms with Crippen molar-refractivity contribution in [1.29, 1.82) is 0 Å². The highest BCUT2D eigenvalue weighted by Gasteiger charge is 2.04. The van der Waals surface area contributed by atoms with Gasteiger partial charge in [-0.05, 0) is 12.1 Å². The Bertz CT molecular complexity index is 699. The Morgan fingerprint density at radius 3 is 2.58 bits per heavy atom. The molecule has 98 valence electrons. The van der Waals surface area contributed by atoms with Crippen LogP contribution in [0.15, 0.2) is 42.9 Å². The van der Waals surface area contributed by atoms with Crippen molar-refractivity contribution < 1.29 is 18.6 Å². The fourth-order valence-corrected chi connectivity index (χ4v) is 1.25. The van der Waals surface area contributed by atoms with E-state index in [0.717, 1.165) is 0 Å². The summed E-state index contributed by atoms with van der Waals surface area (Å²) in [7, 11) is 1.54. The van der Waals surface area contributed by atoms with Crippen molar-refractivity contribution >= 4 is 0 Å². The second-order valence-corrected chi connectivity index (χ2v) is 3.26.